The molecule has 2 N–H and O–H groups in total. The van der Waals surface area contributed by atoms with Crippen molar-refractivity contribution in [3.63, 3.8) is 0 Å². The monoisotopic (exact) mass is 253 g/mol. The van der Waals surface area contributed by atoms with Crippen molar-refractivity contribution in [1.82, 2.24) is 15.5 Å². The van der Waals surface area contributed by atoms with Crippen molar-refractivity contribution >= 4 is 11.8 Å². The van der Waals surface area contributed by atoms with Gasteiger partial charge in [-0.2, -0.15) is 0 Å². The van der Waals surface area contributed by atoms with E-state index >= 15 is 0 Å². The number of carbonyl (C=O) groups excluding carboxylic acids is 2. The molecule has 5 heteroatoms. The summed E-state index contributed by atoms with van der Waals surface area (Å²) in [6, 6.07) is 0. The first-order valence-electron chi connectivity index (χ1n) is 7.01. The first kappa shape index (κ1) is 13.3. The quantitative estimate of drug-likeness (QED) is 0.751. The molecule has 5 nitrogen and oxygen atoms in total. The number of piperidine rings is 1. The lowest BCUT2D eigenvalue weighted by Gasteiger charge is -2.24. The van der Waals surface area contributed by atoms with Gasteiger partial charge < -0.3 is 15.5 Å². The van der Waals surface area contributed by atoms with Crippen LogP contribution in [0.3, 0.4) is 0 Å². The zero-order valence-electron chi connectivity index (χ0n) is 10.9. The molecule has 2 saturated heterocycles. The highest BCUT2D eigenvalue weighted by Gasteiger charge is 2.20. The van der Waals surface area contributed by atoms with Gasteiger partial charge >= 0.3 is 0 Å². The van der Waals surface area contributed by atoms with Crippen molar-refractivity contribution in [2.75, 3.05) is 32.7 Å². The third kappa shape index (κ3) is 3.98. The van der Waals surface area contributed by atoms with E-state index in [-0.39, 0.29) is 11.8 Å². The molecular formula is C13H23N3O2. The molecule has 102 valence electrons. The lowest BCUT2D eigenvalue weighted by molar-refractivity contribution is -0.131. The minimum Gasteiger partial charge on any atom is -0.354 e. The zero-order valence-corrected chi connectivity index (χ0v) is 10.9. The molecule has 0 aromatic rings. The van der Waals surface area contributed by atoms with E-state index in [0.717, 1.165) is 19.5 Å². The summed E-state index contributed by atoms with van der Waals surface area (Å²) in [5.41, 5.74) is 0. The molecule has 2 fully saturated rings. The predicted molar refractivity (Wildman–Crippen MR) is 69.0 cm³/mol. The van der Waals surface area contributed by atoms with Crippen molar-refractivity contribution in [3.8, 4) is 0 Å². The molecule has 0 saturated carbocycles. The highest BCUT2D eigenvalue weighted by Crippen LogP contribution is 2.16. The summed E-state index contributed by atoms with van der Waals surface area (Å²) < 4.78 is 0. The molecule has 2 heterocycles. The van der Waals surface area contributed by atoms with Gasteiger partial charge in [-0.3, -0.25) is 9.59 Å². The molecule has 18 heavy (non-hydrogen) atoms. The van der Waals surface area contributed by atoms with E-state index in [4.69, 9.17) is 0 Å². The average molecular weight is 253 g/mol. The van der Waals surface area contributed by atoms with Gasteiger partial charge in [0, 0.05) is 32.5 Å². The lowest BCUT2D eigenvalue weighted by atomic mass is 9.94. The summed E-state index contributed by atoms with van der Waals surface area (Å²) in [5, 5.41) is 6.17. The molecule has 0 spiro atoms. The summed E-state index contributed by atoms with van der Waals surface area (Å²) in [4.78, 5) is 25.1. The fraction of sp³-hybridized carbons (Fsp3) is 0.846. The smallest absolute Gasteiger partial charge is 0.222 e. The van der Waals surface area contributed by atoms with Crippen LogP contribution in [0.2, 0.25) is 0 Å². The van der Waals surface area contributed by atoms with Crippen LogP contribution in [0.4, 0.5) is 0 Å². The van der Waals surface area contributed by atoms with Crippen LogP contribution in [0.25, 0.3) is 0 Å². The highest BCUT2D eigenvalue weighted by atomic mass is 16.2. The van der Waals surface area contributed by atoms with Crippen molar-refractivity contribution in [1.29, 1.82) is 0 Å². The molecule has 2 amide bonds. The second-order valence-electron chi connectivity index (χ2n) is 5.23. The standard InChI is InChI=1S/C13H23N3O2/c17-12-5-8-16(9-7-15-12)13(18)4-3-11-2-1-6-14-10-11/h11,14H,1-10H2,(H,15,17). The van der Waals surface area contributed by atoms with Gasteiger partial charge in [-0.25, -0.2) is 0 Å². The Bertz CT molecular complexity index is 301. The number of nitrogens with one attached hydrogen (secondary N) is 2. The predicted octanol–water partition coefficient (Wildman–Crippen LogP) is 0.115. The van der Waals surface area contributed by atoms with E-state index in [1.807, 2.05) is 4.90 Å². The van der Waals surface area contributed by atoms with Gasteiger partial charge in [-0.15, -0.1) is 0 Å². The molecule has 0 aromatic carbocycles. The van der Waals surface area contributed by atoms with Crippen LogP contribution in [-0.2, 0) is 9.59 Å². The fourth-order valence-electron chi connectivity index (χ4n) is 2.67. The van der Waals surface area contributed by atoms with Crippen LogP contribution in [0.15, 0.2) is 0 Å². The van der Waals surface area contributed by atoms with Gasteiger partial charge in [0.1, 0.15) is 0 Å². The topological polar surface area (TPSA) is 61.4 Å². The molecular weight excluding hydrogens is 230 g/mol. The largest absolute Gasteiger partial charge is 0.354 e. The number of rotatable bonds is 3. The Morgan fingerprint density at radius 1 is 1.33 bits per heavy atom. The van der Waals surface area contributed by atoms with Crippen LogP contribution in [-0.4, -0.2) is 49.4 Å². The van der Waals surface area contributed by atoms with Crippen molar-refractivity contribution in [2.24, 2.45) is 5.92 Å². The number of amides is 2. The van der Waals surface area contributed by atoms with Crippen LogP contribution in [0.5, 0.6) is 0 Å². The maximum absolute atomic E-state index is 12.1. The maximum atomic E-state index is 12.1. The lowest BCUT2D eigenvalue weighted by Crippen LogP contribution is -2.35. The van der Waals surface area contributed by atoms with Gasteiger partial charge in [0.05, 0.1) is 0 Å². The summed E-state index contributed by atoms with van der Waals surface area (Å²) in [6.45, 7) is 3.99. The van der Waals surface area contributed by atoms with E-state index in [2.05, 4.69) is 10.6 Å². The molecule has 0 bridgehead atoms. The van der Waals surface area contributed by atoms with Crippen LogP contribution >= 0.6 is 0 Å². The molecule has 2 aliphatic rings. The Kier molecular flexibility index (Phi) is 4.99. The number of hydrogen-bond acceptors (Lipinski definition) is 3. The SMILES string of the molecule is O=C1CCN(C(=O)CCC2CCCNC2)CCN1. The van der Waals surface area contributed by atoms with Gasteiger partial charge in [-0.05, 0) is 38.3 Å². The molecule has 0 aromatic heterocycles. The van der Waals surface area contributed by atoms with Crippen LogP contribution in [0.1, 0.15) is 32.1 Å². The first-order chi connectivity index (χ1) is 8.75. The van der Waals surface area contributed by atoms with E-state index < -0.39 is 0 Å². The van der Waals surface area contributed by atoms with Crippen molar-refractivity contribution in [3.05, 3.63) is 0 Å². The molecule has 0 radical (unpaired) electrons. The van der Waals surface area contributed by atoms with Crippen molar-refractivity contribution in [2.45, 2.75) is 32.1 Å². The molecule has 2 aliphatic heterocycles. The van der Waals surface area contributed by atoms with Gasteiger partial charge in [0.15, 0.2) is 0 Å². The normalized spacial score (nSPS) is 25.4. The Labute approximate surface area is 108 Å². The Hall–Kier alpha value is -1.10. The fourth-order valence-corrected chi connectivity index (χ4v) is 2.67. The third-order valence-electron chi connectivity index (χ3n) is 3.83. The van der Waals surface area contributed by atoms with Gasteiger partial charge in [0.25, 0.3) is 0 Å². The second kappa shape index (κ2) is 6.73. The van der Waals surface area contributed by atoms with Crippen molar-refractivity contribution < 1.29 is 9.59 Å². The Morgan fingerprint density at radius 2 is 2.22 bits per heavy atom. The third-order valence-corrected chi connectivity index (χ3v) is 3.83. The van der Waals surface area contributed by atoms with E-state index in [1.165, 1.54) is 12.8 Å². The summed E-state index contributed by atoms with van der Waals surface area (Å²) in [7, 11) is 0. The number of carbonyl (C=O) groups is 2. The maximum Gasteiger partial charge on any atom is 0.222 e. The van der Waals surface area contributed by atoms with Gasteiger partial charge in [-0.1, -0.05) is 0 Å². The van der Waals surface area contributed by atoms with E-state index in [1.54, 1.807) is 0 Å². The minimum atomic E-state index is 0.0572. The van der Waals surface area contributed by atoms with Gasteiger partial charge in [0.2, 0.25) is 11.8 Å². The van der Waals surface area contributed by atoms with Crippen LogP contribution in [0, 0.1) is 5.92 Å². The summed E-state index contributed by atoms with van der Waals surface area (Å²) in [5.74, 6) is 0.910. The minimum absolute atomic E-state index is 0.0572. The number of nitrogens with zero attached hydrogens (tertiary/aromatic N) is 1. The first-order valence-corrected chi connectivity index (χ1v) is 7.01. The average Bonchev–Trinajstić information content (AvgIpc) is 2.62. The van der Waals surface area contributed by atoms with E-state index in [0.29, 0.717) is 38.4 Å². The summed E-state index contributed by atoms with van der Waals surface area (Å²) in [6.07, 6.45) is 4.50. The Morgan fingerprint density at radius 3 is 3.00 bits per heavy atom. The highest BCUT2D eigenvalue weighted by molar-refractivity contribution is 5.80. The molecule has 0 aliphatic carbocycles. The summed E-state index contributed by atoms with van der Waals surface area (Å²) >= 11 is 0. The zero-order chi connectivity index (χ0) is 12.8. The Balaban J connectivity index is 1.71. The number of hydrogen-bond donors (Lipinski definition) is 2. The molecule has 2 rings (SSSR count). The second-order valence-corrected chi connectivity index (χ2v) is 5.23. The molecule has 1 unspecified atom stereocenters. The molecule has 1 atom stereocenters. The van der Waals surface area contributed by atoms with E-state index in [9.17, 15) is 9.59 Å². The van der Waals surface area contributed by atoms with Crippen LogP contribution < -0.4 is 10.6 Å².